The van der Waals surface area contributed by atoms with Crippen LogP contribution in [0.3, 0.4) is 0 Å². The van der Waals surface area contributed by atoms with E-state index >= 15 is 0 Å². The highest BCUT2D eigenvalue weighted by Gasteiger charge is 2.24. The van der Waals surface area contributed by atoms with Crippen molar-refractivity contribution in [3.63, 3.8) is 0 Å². The minimum absolute atomic E-state index is 0.0255. The van der Waals surface area contributed by atoms with Crippen LogP contribution in [0.15, 0.2) is 18.2 Å². The van der Waals surface area contributed by atoms with Gasteiger partial charge in [0.15, 0.2) is 0 Å². The van der Waals surface area contributed by atoms with Crippen LogP contribution in [-0.2, 0) is 0 Å². The first-order valence-corrected chi connectivity index (χ1v) is 9.08. The van der Waals surface area contributed by atoms with Crippen molar-refractivity contribution in [3.8, 4) is 5.75 Å². The molecule has 0 saturated heterocycles. The summed E-state index contributed by atoms with van der Waals surface area (Å²) in [7, 11) is 1.63. The van der Waals surface area contributed by atoms with Crippen LogP contribution in [-0.4, -0.2) is 31.0 Å². The number of rotatable bonds is 6. The molecular weight excluding hydrogens is 330 g/mol. The smallest absolute Gasteiger partial charge is 0.265 e. The number of hydrogen-bond acceptors (Lipinski definition) is 3. The Kier molecular flexibility index (Phi) is 5.93. The number of hydrogen-bond donors (Lipinski definition) is 0. The summed E-state index contributed by atoms with van der Waals surface area (Å²) in [6.07, 6.45) is 0. The van der Waals surface area contributed by atoms with E-state index in [1.54, 1.807) is 7.11 Å². The lowest BCUT2D eigenvalue weighted by Crippen LogP contribution is -2.36. The highest BCUT2D eigenvalue weighted by molar-refractivity contribution is 7.21. The predicted octanol–water partition coefficient (Wildman–Crippen LogP) is 5.32. The number of benzene rings is 1. The van der Waals surface area contributed by atoms with E-state index < -0.39 is 0 Å². The van der Waals surface area contributed by atoms with Gasteiger partial charge in [-0.3, -0.25) is 4.79 Å². The number of thiophene rings is 1. The molecule has 3 nitrogen and oxygen atoms in total. The monoisotopic (exact) mass is 353 g/mol. The Morgan fingerprint density at radius 3 is 2.35 bits per heavy atom. The molecule has 2 aromatic rings. The van der Waals surface area contributed by atoms with Crippen molar-refractivity contribution in [2.75, 3.05) is 20.2 Å². The minimum atomic E-state index is 0.0255. The van der Waals surface area contributed by atoms with Gasteiger partial charge in [0.1, 0.15) is 10.6 Å². The van der Waals surface area contributed by atoms with Gasteiger partial charge in [0, 0.05) is 23.2 Å². The molecule has 1 amide bonds. The summed E-state index contributed by atoms with van der Waals surface area (Å²) in [5.74, 6) is 1.62. The average molecular weight is 354 g/mol. The van der Waals surface area contributed by atoms with Crippen molar-refractivity contribution in [3.05, 3.63) is 28.1 Å². The van der Waals surface area contributed by atoms with Gasteiger partial charge in [-0.05, 0) is 30.0 Å². The lowest BCUT2D eigenvalue weighted by molar-refractivity contribution is 0.0720. The zero-order valence-electron chi connectivity index (χ0n) is 14.4. The van der Waals surface area contributed by atoms with Gasteiger partial charge in [-0.25, -0.2) is 0 Å². The maximum atomic E-state index is 13.0. The lowest BCUT2D eigenvalue weighted by atomic mass is 10.1. The SMILES string of the molecule is COc1ccc2sc(C(=O)N(CC(C)C)CC(C)C)c(Cl)c2c1. The van der Waals surface area contributed by atoms with Crippen molar-refractivity contribution < 1.29 is 9.53 Å². The third-order valence-electron chi connectivity index (χ3n) is 3.49. The van der Waals surface area contributed by atoms with Crippen molar-refractivity contribution in [2.24, 2.45) is 11.8 Å². The van der Waals surface area contributed by atoms with Crippen LogP contribution in [0.1, 0.15) is 37.4 Å². The predicted molar refractivity (Wildman–Crippen MR) is 99.0 cm³/mol. The van der Waals surface area contributed by atoms with Crippen molar-refractivity contribution in [1.82, 2.24) is 4.90 Å². The fourth-order valence-electron chi connectivity index (χ4n) is 2.58. The molecule has 23 heavy (non-hydrogen) atoms. The molecule has 126 valence electrons. The zero-order valence-corrected chi connectivity index (χ0v) is 15.9. The van der Waals surface area contributed by atoms with E-state index in [9.17, 15) is 4.79 Å². The summed E-state index contributed by atoms with van der Waals surface area (Å²) in [5.41, 5.74) is 0. The standard InChI is InChI=1S/C18H24ClNO2S/c1-11(2)9-20(10-12(3)4)18(21)17-16(19)14-8-13(22-5)6-7-15(14)23-17/h6-8,11-12H,9-10H2,1-5H3. The molecule has 1 heterocycles. The third kappa shape index (κ3) is 4.18. The second-order valence-electron chi connectivity index (χ2n) is 6.61. The second kappa shape index (κ2) is 7.54. The molecular formula is C18H24ClNO2S. The van der Waals surface area contributed by atoms with Crippen molar-refractivity contribution in [2.45, 2.75) is 27.7 Å². The number of ether oxygens (including phenoxy) is 1. The van der Waals surface area contributed by atoms with E-state index in [2.05, 4.69) is 27.7 Å². The van der Waals surface area contributed by atoms with E-state index in [-0.39, 0.29) is 5.91 Å². The molecule has 0 aliphatic heterocycles. The summed E-state index contributed by atoms with van der Waals surface area (Å²) >= 11 is 7.96. The Bertz CT molecular complexity index is 684. The topological polar surface area (TPSA) is 29.5 Å². The Morgan fingerprint density at radius 1 is 1.22 bits per heavy atom. The van der Waals surface area contributed by atoms with Crippen molar-refractivity contribution in [1.29, 1.82) is 0 Å². The van der Waals surface area contributed by atoms with Gasteiger partial charge in [-0.2, -0.15) is 0 Å². The summed E-state index contributed by atoms with van der Waals surface area (Å²) in [6, 6.07) is 5.74. The van der Waals surface area contributed by atoms with Crippen LogP contribution >= 0.6 is 22.9 Å². The van der Waals surface area contributed by atoms with E-state index in [1.807, 2.05) is 23.1 Å². The average Bonchev–Trinajstić information content (AvgIpc) is 2.81. The van der Waals surface area contributed by atoms with Crippen LogP contribution in [0.4, 0.5) is 0 Å². The van der Waals surface area contributed by atoms with Crippen LogP contribution < -0.4 is 4.74 Å². The molecule has 1 aromatic carbocycles. The third-order valence-corrected chi connectivity index (χ3v) is 5.15. The summed E-state index contributed by atoms with van der Waals surface area (Å²) < 4.78 is 6.26. The summed E-state index contributed by atoms with van der Waals surface area (Å²) in [6.45, 7) is 9.97. The Labute approximate surface area is 147 Å². The van der Waals surface area contributed by atoms with E-state index in [0.29, 0.717) is 21.7 Å². The molecule has 0 fully saturated rings. The molecule has 2 rings (SSSR count). The highest BCUT2D eigenvalue weighted by atomic mass is 35.5. The molecule has 5 heteroatoms. The molecule has 0 unspecified atom stereocenters. The van der Waals surface area contributed by atoms with Crippen LogP contribution in [0.2, 0.25) is 5.02 Å². The summed E-state index contributed by atoms with van der Waals surface area (Å²) in [4.78, 5) is 15.5. The lowest BCUT2D eigenvalue weighted by Gasteiger charge is -2.26. The summed E-state index contributed by atoms with van der Waals surface area (Å²) in [5, 5.41) is 1.42. The second-order valence-corrected chi connectivity index (χ2v) is 8.04. The molecule has 0 aliphatic carbocycles. The first-order valence-electron chi connectivity index (χ1n) is 7.88. The molecule has 0 radical (unpaired) electrons. The van der Waals surface area contributed by atoms with Gasteiger partial charge >= 0.3 is 0 Å². The molecule has 0 bridgehead atoms. The first-order chi connectivity index (χ1) is 10.8. The van der Waals surface area contributed by atoms with Gasteiger partial charge in [0.05, 0.1) is 12.1 Å². The van der Waals surface area contributed by atoms with E-state index in [0.717, 1.165) is 28.9 Å². The fourth-order valence-corrected chi connectivity index (χ4v) is 4.03. The Morgan fingerprint density at radius 2 is 1.83 bits per heavy atom. The zero-order chi connectivity index (χ0) is 17.1. The highest BCUT2D eigenvalue weighted by Crippen LogP contribution is 2.38. The number of amides is 1. The van der Waals surface area contributed by atoms with E-state index in [1.165, 1.54) is 11.3 Å². The van der Waals surface area contributed by atoms with Crippen molar-refractivity contribution >= 4 is 38.9 Å². The van der Waals surface area contributed by atoms with Gasteiger partial charge < -0.3 is 9.64 Å². The molecule has 0 saturated carbocycles. The number of carbonyl (C=O) groups excluding carboxylic acids is 1. The van der Waals surface area contributed by atoms with Crippen LogP contribution in [0, 0.1) is 11.8 Å². The number of carbonyl (C=O) groups is 1. The molecule has 0 aliphatic rings. The van der Waals surface area contributed by atoms with Gasteiger partial charge in [0.25, 0.3) is 5.91 Å². The Balaban J connectivity index is 2.40. The number of fused-ring (bicyclic) bond motifs is 1. The molecule has 0 N–H and O–H groups in total. The van der Waals surface area contributed by atoms with Gasteiger partial charge in [-0.1, -0.05) is 39.3 Å². The van der Waals surface area contributed by atoms with Gasteiger partial charge in [-0.15, -0.1) is 11.3 Å². The molecule has 0 atom stereocenters. The Hall–Kier alpha value is -1.26. The largest absolute Gasteiger partial charge is 0.497 e. The first kappa shape index (κ1) is 18.1. The number of nitrogens with zero attached hydrogens (tertiary/aromatic N) is 1. The van der Waals surface area contributed by atoms with Crippen LogP contribution in [0.25, 0.3) is 10.1 Å². The van der Waals surface area contributed by atoms with E-state index in [4.69, 9.17) is 16.3 Å². The minimum Gasteiger partial charge on any atom is -0.497 e. The van der Waals surface area contributed by atoms with Gasteiger partial charge in [0.2, 0.25) is 0 Å². The normalized spacial score (nSPS) is 11.5. The molecule has 1 aromatic heterocycles. The number of methoxy groups -OCH3 is 1. The quantitative estimate of drug-likeness (QED) is 0.703. The van der Waals surface area contributed by atoms with Crippen LogP contribution in [0.5, 0.6) is 5.75 Å². The maximum Gasteiger partial charge on any atom is 0.265 e. The maximum absolute atomic E-state index is 13.0. The molecule has 0 spiro atoms. The number of halogens is 1. The fraction of sp³-hybridized carbons (Fsp3) is 0.500.